The molecule has 5 nitrogen and oxygen atoms in total. The highest BCUT2D eigenvalue weighted by molar-refractivity contribution is 5.93. The number of fused-ring (bicyclic) bond motifs is 1. The maximum atomic E-state index is 13.4. The summed E-state index contributed by atoms with van der Waals surface area (Å²) in [5.41, 5.74) is 6.21. The van der Waals surface area contributed by atoms with Crippen LogP contribution in [0.15, 0.2) is 42.5 Å². The van der Waals surface area contributed by atoms with Crippen molar-refractivity contribution in [1.82, 2.24) is 10.4 Å². The Hall–Kier alpha value is -2.66. The molecule has 1 aliphatic heterocycles. The van der Waals surface area contributed by atoms with E-state index < -0.39 is 5.91 Å². The molecular weight excluding hydrogens is 340 g/mol. The molecule has 1 heterocycles. The average molecular weight is 364 g/mol. The van der Waals surface area contributed by atoms with Gasteiger partial charge in [0.15, 0.2) is 0 Å². The van der Waals surface area contributed by atoms with E-state index in [4.69, 9.17) is 5.21 Å². The van der Waals surface area contributed by atoms with E-state index in [1.807, 2.05) is 17.0 Å². The van der Waals surface area contributed by atoms with Gasteiger partial charge < -0.3 is 4.90 Å². The van der Waals surface area contributed by atoms with E-state index in [1.165, 1.54) is 5.56 Å². The predicted molar refractivity (Wildman–Crippen MR) is 102 cm³/mol. The Morgan fingerprint density at radius 2 is 1.81 bits per heavy atom. The number of nitrogens with one attached hydrogen (secondary N) is 1. The Balaban J connectivity index is 1.57. The number of amides is 2. The summed E-state index contributed by atoms with van der Waals surface area (Å²) in [6.45, 7) is 3.29. The molecule has 4 rings (SSSR count). The van der Waals surface area contributed by atoms with E-state index in [9.17, 15) is 9.59 Å². The second-order valence-electron chi connectivity index (χ2n) is 7.70. The molecule has 0 radical (unpaired) electrons. The molecule has 1 aliphatic carbocycles. The summed E-state index contributed by atoms with van der Waals surface area (Å²) in [5, 5.41) is 8.80. The lowest BCUT2D eigenvalue weighted by atomic mass is 9.63. The Morgan fingerprint density at radius 3 is 2.44 bits per heavy atom. The Morgan fingerprint density at radius 1 is 1.07 bits per heavy atom. The Labute approximate surface area is 159 Å². The zero-order valence-electron chi connectivity index (χ0n) is 15.5. The number of hydrogen-bond donors (Lipinski definition) is 2. The minimum Gasteiger partial charge on any atom is -0.337 e. The number of aryl methyl sites for hydroxylation is 1. The van der Waals surface area contributed by atoms with Crippen LogP contribution in [0.25, 0.3) is 0 Å². The minimum atomic E-state index is -0.510. The molecule has 0 spiro atoms. The number of benzene rings is 2. The van der Waals surface area contributed by atoms with Gasteiger partial charge in [-0.15, -0.1) is 0 Å². The maximum Gasteiger partial charge on any atom is 0.274 e. The van der Waals surface area contributed by atoms with Gasteiger partial charge in [0.1, 0.15) is 0 Å². The summed E-state index contributed by atoms with van der Waals surface area (Å²) in [5.74, 6) is -0.287. The first-order valence-corrected chi connectivity index (χ1v) is 9.46. The molecule has 2 N–H and O–H groups in total. The summed E-state index contributed by atoms with van der Waals surface area (Å²) >= 11 is 0. The van der Waals surface area contributed by atoms with Crippen molar-refractivity contribution >= 4 is 11.8 Å². The van der Waals surface area contributed by atoms with Gasteiger partial charge in [0.05, 0.1) is 5.41 Å². The van der Waals surface area contributed by atoms with Crippen LogP contribution in [0.5, 0.6) is 0 Å². The fourth-order valence-corrected chi connectivity index (χ4v) is 4.26. The first-order valence-electron chi connectivity index (χ1n) is 9.46. The quantitative estimate of drug-likeness (QED) is 0.649. The van der Waals surface area contributed by atoms with Gasteiger partial charge >= 0.3 is 0 Å². The molecule has 5 heteroatoms. The largest absolute Gasteiger partial charge is 0.337 e. The number of hydroxylamine groups is 1. The third kappa shape index (κ3) is 3.02. The van der Waals surface area contributed by atoms with Crippen LogP contribution in [0.1, 0.15) is 51.9 Å². The van der Waals surface area contributed by atoms with Crippen LogP contribution in [0.2, 0.25) is 0 Å². The number of carbonyl (C=O) groups excluding carboxylic acids is 2. The van der Waals surface area contributed by atoms with E-state index in [1.54, 1.807) is 11.5 Å². The smallest absolute Gasteiger partial charge is 0.274 e. The molecule has 1 fully saturated rings. The second kappa shape index (κ2) is 6.82. The van der Waals surface area contributed by atoms with Crippen LogP contribution in [-0.2, 0) is 23.2 Å². The molecule has 140 valence electrons. The molecule has 1 saturated carbocycles. The lowest BCUT2D eigenvalue weighted by molar-refractivity contribution is -0.142. The number of rotatable bonds is 3. The third-order valence-electron chi connectivity index (χ3n) is 6.09. The van der Waals surface area contributed by atoms with Crippen molar-refractivity contribution in [2.24, 2.45) is 0 Å². The first kappa shape index (κ1) is 17.7. The highest BCUT2D eigenvalue weighted by Gasteiger charge is 2.47. The fraction of sp³-hybridized carbons (Fsp3) is 0.364. The molecule has 0 saturated heterocycles. The molecule has 0 atom stereocenters. The lowest BCUT2D eigenvalue weighted by Crippen LogP contribution is -2.52. The molecule has 0 bridgehead atoms. The highest BCUT2D eigenvalue weighted by Crippen LogP contribution is 2.45. The van der Waals surface area contributed by atoms with Crippen molar-refractivity contribution in [2.45, 2.75) is 44.6 Å². The van der Waals surface area contributed by atoms with Gasteiger partial charge in [-0.3, -0.25) is 14.8 Å². The summed E-state index contributed by atoms with van der Waals surface area (Å²) in [6, 6.07) is 13.8. The van der Waals surface area contributed by atoms with Gasteiger partial charge in [0, 0.05) is 18.7 Å². The van der Waals surface area contributed by atoms with Crippen molar-refractivity contribution in [1.29, 1.82) is 0 Å². The Kier molecular flexibility index (Phi) is 4.48. The van der Waals surface area contributed by atoms with Crippen LogP contribution in [-0.4, -0.2) is 28.5 Å². The summed E-state index contributed by atoms with van der Waals surface area (Å²) in [7, 11) is 0. The second-order valence-corrected chi connectivity index (χ2v) is 7.70. The topological polar surface area (TPSA) is 69.6 Å². The van der Waals surface area contributed by atoms with Crippen molar-refractivity contribution < 1.29 is 14.8 Å². The van der Waals surface area contributed by atoms with E-state index >= 15 is 0 Å². The van der Waals surface area contributed by atoms with Gasteiger partial charge in [0.2, 0.25) is 5.91 Å². The predicted octanol–water partition coefficient (Wildman–Crippen LogP) is 3.12. The van der Waals surface area contributed by atoms with Crippen LogP contribution in [0, 0.1) is 6.92 Å². The van der Waals surface area contributed by atoms with Crippen molar-refractivity contribution in [2.75, 3.05) is 6.54 Å². The summed E-state index contributed by atoms with van der Waals surface area (Å²) < 4.78 is 0. The van der Waals surface area contributed by atoms with Crippen molar-refractivity contribution in [3.05, 3.63) is 70.3 Å². The fourth-order valence-electron chi connectivity index (χ4n) is 4.26. The molecule has 0 unspecified atom stereocenters. The first-order chi connectivity index (χ1) is 13.0. The van der Waals surface area contributed by atoms with E-state index in [0.29, 0.717) is 18.7 Å². The summed E-state index contributed by atoms with van der Waals surface area (Å²) in [6.07, 6.45) is 3.63. The van der Waals surface area contributed by atoms with Crippen LogP contribution < -0.4 is 5.48 Å². The van der Waals surface area contributed by atoms with Crippen LogP contribution in [0.3, 0.4) is 0 Å². The molecule has 2 aromatic rings. The Bertz CT molecular complexity index is 885. The van der Waals surface area contributed by atoms with E-state index in [-0.39, 0.29) is 11.3 Å². The molecule has 0 aromatic heterocycles. The average Bonchev–Trinajstić information content (AvgIpc) is 2.67. The zero-order valence-corrected chi connectivity index (χ0v) is 15.5. The third-order valence-corrected chi connectivity index (χ3v) is 6.09. The standard InChI is InChI=1S/C22H24N2O3/c1-15-3-7-19(8-4-15)22(10-2-11-22)21(26)24-12-9-16-13-17(20(25)23-27)5-6-18(16)14-24/h3-8,13,27H,2,9-12,14H2,1H3,(H,23,25). The van der Waals surface area contributed by atoms with Gasteiger partial charge in [-0.05, 0) is 55.0 Å². The zero-order chi connectivity index (χ0) is 19.0. The number of carbonyl (C=O) groups is 2. The number of nitrogens with zero attached hydrogens (tertiary/aromatic N) is 1. The van der Waals surface area contributed by atoms with Crippen molar-refractivity contribution in [3.8, 4) is 0 Å². The van der Waals surface area contributed by atoms with E-state index in [0.717, 1.165) is 42.4 Å². The van der Waals surface area contributed by atoms with Crippen LogP contribution in [0.4, 0.5) is 0 Å². The lowest BCUT2D eigenvalue weighted by Gasteiger charge is -2.45. The molecular formula is C22H24N2O3. The van der Waals surface area contributed by atoms with E-state index in [2.05, 4.69) is 31.2 Å². The molecule has 2 amide bonds. The SMILES string of the molecule is Cc1ccc(C2(C(=O)N3CCc4cc(C(=O)NO)ccc4C3)CCC2)cc1. The van der Waals surface area contributed by atoms with Crippen LogP contribution >= 0.6 is 0 Å². The monoisotopic (exact) mass is 364 g/mol. The number of hydrogen-bond acceptors (Lipinski definition) is 3. The van der Waals surface area contributed by atoms with Crippen molar-refractivity contribution in [3.63, 3.8) is 0 Å². The molecule has 2 aromatic carbocycles. The van der Waals surface area contributed by atoms with Gasteiger partial charge in [0.25, 0.3) is 5.91 Å². The highest BCUT2D eigenvalue weighted by atomic mass is 16.5. The summed E-state index contributed by atoms with van der Waals surface area (Å²) in [4.78, 5) is 27.0. The minimum absolute atomic E-state index is 0.223. The molecule has 2 aliphatic rings. The van der Waals surface area contributed by atoms with Gasteiger partial charge in [-0.25, -0.2) is 5.48 Å². The maximum absolute atomic E-state index is 13.4. The van der Waals surface area contributed by atoms with Gasteiger partial charge in [-0.1, -0.05) is 42.3 Å². The normalized spacial score (nSPS) is 17.6. The van der Waals surface area contributed by atoms with Gasteiger partial charge in [-0.2, -0.15) is 0 Å². The molecule has 27 heavy (non-hydrogen) atoms.